The Morgan fingerprint density at radius 1 is 1.07 bits per heavy atom. The number of halogens is 1. The fraction of sp³-hybridized carbons (Fsp3) is 0.316. The number of hydrogen-bond acceptors (Lipinski definition) is 5. The number of likely N-dealkylation sites (tertiary alicyclic amines) is 1. The summed E-state index contributed by atoms with van der Waals surface area (Å²) in [6.45, 7) is 0.461. The third kappa shape index (κ3) is 3.75. The van der Waals surface area contributed by atoms with Gasteiger partial charge < -0.3 is 14.4 Å². The van der Waals surface area contributed by atoms with Crippen LogP contribution in [0.15, 0.2) is 47.4 Å². The first-order valence-corrected chi connectivity index (χ1v) is 10.3. The van der Waals surface area contributed by atoms with Crippen molar-refractivity contribution in [3.8, 4) is 11.5 Å². The zero-order valence-corrected chi connectivity index (χ0v) is 16.6. The minimum absolute atomic E-state index is 0.116. The Labute approximate surface area is 163 Å². The van der Waals surface area contributed by atoms with Gasteiger partial charge in [-0.15, -0.1) is 0 Å². The lowest BCUT2D eigenvalue weighted by atomic mass is 10.1. The molecule has 1 fully saturated rings. The van der Waals surface area contributed by atoms with Gasteiger partial charge in [-0.3, -0.25) is 4.79 Å². The van der Waals surface area contributed by atoms with Gasteiger partial charge >= 0.3 is 0 Å². The minimum atomic E-state index is -3.55. The van der Waals surface area contributed by atoms with Gasteiger partial charge in [0, 0.05) is 18.1 Å². The highest BCUT2D eigenvalue weighted by Gasteiger charge is 2.37. The number of ether oxygens (including phenoxy) is 2. The van der Waals surface area contributed by atoms with Crippen LogP contribution in [0.25, 0.3) is 0 Å². The molecular formula is C19H20ClNO5S. The van der Waals surface area contributed by atoms with Crippen LogP contribution in [0.3, 0.4) is 0 Å². The van der Waals surface area contributed by atoms with Crippen molar-refractivity contribution in [2.45, 2.75) is 16.6 Å². The largest absolute Gasteiger partial charge is 0.496 e. The fourth-order valence-electron chi connectivity index (χ4n) is 3.20. The number of amides is 1. The molecule has 3 rings (SSSR count). The molecule has 27 heavy (non-hydrogen) atoms. The highest BCUT2D eigenvalue weighted by Crippen LogP contribution is 2.32. The number of carbonyl (C=O) groups excluding carboxylic acids is 1. The van der Waals surface area contributed by atoms with Gasteiger partial charge in [-0.25, -0.2) is 8.42 Å². The van der Waals surface area contributed by atoms with Crippen LogP contribution in [0.2, 0.25) is 5.02 Å². The first-order valence-electron chi connectivity index (χ1n) is 8.38. The fourth-order valence-corrected chi connectivity index (χ4v) is 5.02. The van der Waals surface area contributed by atoms with E-state index in [1.165, 1.54) is 31.3 Å². The molecule has 1 amide bonds. The molecular weight excluding hydrogens is 390 g/mol. The number of carbonyl (C=O) groups is 1. The smallest absolute Gasteiger partial charge is 0.261 e. The summed E-state index contributed by atoms with van der Waals surface area (Å²) in [5.41, 5.74) is 0.298. The Kier molecular flexibility index (Phi) is 5.62. The van der Waals surface area contributed by atoms with Crippen molar-refractivity contribution in [1.82, 2.24) is 4.90 Å². The van der Waals surface area contributed by atoms with Crippen molar-refractivity contribution >= 4 is 27.3 Å². The minimum Gasteiger partial charge on any atom is -0.496 e. The van der Waals surface area contributed by atoms with Gasteiger partial charge in [0.1, 0.15) is 17.1 Å². The van der Waals surface area contributed by atoms with E-state index < -0.39 is 15.1 Å². The maximum Gasteiger partial charge on any atom is 0.261 e. The second kappa shape index (κ2) is 7.78. The van der Waals surface area contributed by atoms with Crippen molar-refractivity contribution in [2.24, 2.45) is 0 Å². The van der Waals surface area contributed by atoms with Crippen LogP contribution in [0.4, 0.5) is 0 Å². The van der Waals surface area contributed by atoms with E-state index in [1.807, 2.05) is 0 Å². The third-order valence-electron chi connectivity index (χ3n) is 4.65. The average molecular weight is 410 g/mol. The van der Waals surface area contributed by atoms with Gasteiger partial charge in [0.25, 0.3) is 5.91 Å². The molecule has 1 atom stereocenters. The average Bonchev–Trinajstić information content (AvgIpc) is 3.18. The van der Waals surface area contributed by atoms with E-state index in [0.717, 1.165) is 0 Å². The molecule has 0 aliphatic carbocycles. The standard InChI is InChI=1S/C19H20ClNO5S/c1-25-16-4-3-5-17(26-2)18(16)19(22)21-11-10-15(12-21)27(23,24)14-8-6-13(20)7-9-14/h3-9,15H,10-12H2,1-2H3. The SMILES string of the molecule is COc1cccc(OC)c1C(=O)N1CCC(S(=O)(=O)c2ccc(Cl)cc2)C1. The maximum absolute atomic E-state index is 13.0. The number of hydrogen-bond donors (Lipinski definition) is 0. The molecule has 1 heterocycles. The van der Waals surface area contributed by atoms with E-state index in [0.29, 0.717) is 35.1 Å². The molecule has 1 saturated heterocycles. The Balaban J connectivity index is 1.84. The van der Waals surface area contributed by atoms with Crippen molar-refractivity contribution in [3.05, 3.63) is 53.1 Å². The van der Waals surface area contributed by atoms with Crippen LogP contribution in [0, 0.1) is 0 Å². The van der Waals surface area contributed by atoms with Crippen molar-refractivity contribution < 1.29 is 22.7 Å². The van der Waals surface area contributed by atoms with Gasteiger partial charge in [-0.05, 0) is 42.8 Å². The Bertz CT molecular complexity index is 921. The summed E-state index contributed by atoms with van der Waals surface area (Å²) in [7, 11) is -0.599. The lowest BCUT2D eigenvalue weighted by molar-refractivity contribution is 0.0786. The molecule has 0 bridgehead atoms. The highest BCUT2D eigenvalue weighted by molar-refractivity contribution is 7.92. The normalized spacial score (nSPS) is 17.0. The van der Waals surface area contributed by atoms with E-state index >= 15 is 0 Å². The molecule has 2 aromatic carbocycles. The molecule has 0 radical (unpaired) electrons. The molecule has 0 spiro atoms. The van der Waals surface area contributed by atoms with E-state index in [1.54, 1.807) is 30.3 Å². The Hall–Kier alpha value is -2.25. The van der Waals surface area contributed by atoms with Crippen LogP contribution in [-0.4, -0.2) is 51.8 Å². The molecule has 144 valence electrons. The van der Waals surface area contributed by atoms with Gasteiger partial charge in [-0.2, -0.15) is 0 Å². The summed E-state index contributed by atoms with van der Waals surface area (Å²) < 4.78 is 36.3. The number of rotatable bonds is 5. The predicted octanol–water partition coefficient (Wildman–Crippen LogP) is 3.05. The number of methoxy groups -OCH3 is 2. The number of sulfone groups is 1. The molecule has 0 aromatic heterocycles. The molecule has 6 nitrogen and oxygen atoms in total. The van der Waals surface area contributed by atoms with Crippen LogP contribution in [-0.2, 0) is 9.84 Å². The van der Waals surface area contributed by atoms with Crippen molar-refractivity contribution in [1.29, 1.82) is 0 Å². The first kappa shape index (κ1) is 19.5. The molecule has 8 heteroatoms. The van der Waals surface area contributed by atoms with Crippen LogP contribution >= 0.6 is 11.6 Å². The molecule has 1 unspecified atom stereocenters. The summed E-state index contributed by atoms with van der Waals surface area (Å²) in [6, 6.07) is 11.2. The topological polar surface area (TPSA) is 72.9 Å². The van der Waals surface area contributed by atoms with Crippen LogP contribution in [0.1, 0.15) is 16.8 Å². The molecule has 1 aliphatic heterocycles. The number of nitrogens with zero attached hydrogens (tertiary/aromatic N) is 1. The van der Waals surface area contributed by atoms with E-state index in [4.69, 9.17) is 21.1 Å². The van der Waals surface area contributed by atoms with Crippen molar-refractivity contribution in [3.63, 3.8) is 0 Å². The van der Waals surface area contributed by atoms with E-state index in [2.05, 4.69) is 0 Å². The van der Waals surface area contributed by atoms with Crippen molar-refractivity contribution in [2.75, 3.05) is 27.3 Å². The molecule has 0 N–H and O–H groups in total. The van der Waals surface area contributed by atoms with Gasteiger partial charge in [0.15, 0.2) is 9.84 Å². The maximum atomic E-state index is 13.0. The monoisotopic (exact) mass is 409 g/mol. The Morgan fingerprint density at radius 2 is 1.67 bits per heavy atom. The first-order chi connectivity index (χ1) is 12.9. The van der Waals surface area contributed by atoms with Crippen LogP contribution in [0.5, 0.6) is 11.5 Å². The quantitative estimate of drug-likeness (QED) is 0.758. The molecule has 1 aliphatic rings. The summed E-state index contributed by atoms with van der Waals surface area (Å²) in [4.78, 5) is 14.7. The second-order valence-corrected chi connectivity index (χ2v) is 8.86. The highest BCUT2D eigenvalue weighted by atomic mass is 35.5. The van der Waals surface area contributed by atoms with Gasteiger partial charge in [0.2, 0.25) is 0 Å². The van der Waals surface area contributed by atoms with Gasteiger partial charge in [-0.1, -0.05) is 17.7 Å². The van der Waals surface area contributed by atoms with E-state index in [-0.39, 0.29) is 17.3 Å². The zero-order chi connectivity index (χ0) is 19.6. The predicted molar refractivity (Wildman–Crippen MR) is 102 cm³/mol. The summed E-state index contributed by atoms with van der Waals surface area (Å²) in [5, 5.41) is -0.191. The van der Waals surface area contributed by atoms with Crippen LogP contribution < -0.4 is 9.47 Å². The summed E-state index contributed by atoms with van der Waals surface area (Å²) in [5.74, 6) is 0.477. The number of benzene rings is 2. The van der Waals surface area contributed by atoms with Gasteiger partial charge in [0.05, 0.1) is 24.4 Å². The molecule has 0 saturated carbocycles. The molecule has 2 aromatic rings. The lowest BCUT2D eigenvalue weighted by Crippen LogP contribution is -2.32. The Morgan fingerprint density at radius 3 is 2.22 bits per heavy atom. The summed E-state index contributed by atoms with van der Waals surface area (Å²) >= 11 is 5.84. The summed E-state index contributed by atoms with van der Waals surface area (Å²) in [6.07, 6.45) is 0.369. The van der Waals surface area contributed by atoms with E-state index in [9.17, 15) is 13.2 Å². The second-order valence-electron chi connectivity index (χ2n) is 6.20. The lowest BCUT2D eigenvalue weighted by Gasteiger charge is -2.20. The third-order valence-corrected chi connectivity index (χ3v) is 7.10. The zero-order valence-electron chi connectivity index (χ0n) is 15.0.